The summed E-state index contributed by atoms with van der Waals surface area (Å²) >= 11 is 1.51. The number of carbonyl (C=O) groups is 1. The third-order valence-corrected chi connectivity index (χ3v) is 8.23. The average Bonchev–Trinajstić information content (AvgIpc) is 3.10. The highest BCUT2D eigenvalue weighted by Crippen LogP contribution is 2.29. The van der Waals surface area contributed by atoms with Crippen LogP contribution in [-0.4, -0.2) is 54.2 Å². The molecule has 158 valence electrons. The van der Waals surface area contributed by atoms with Crippen LogP contribution in [0.5, 0.6) is 0 Å². The molecule has 0 spiro atoms. The van der Waals surface area contributed by atoms with Crippen molar-refractivity contribution in [2.45, 2.75) is 51.6 Å². The summed E-state index contributed by atoms with van der Waals surface area (Å²) in [5.74, 6) is -0.288. The van der Waals surface area contributed by atoms with Crippen LogP contribution >= 0.6 is 11.3 Å². The van der Waals surface area contributed by atoms with Gasteiger partial charge in [0.15, 0.2) is 5.13 Å². The fraction of sp³-hybridized carbons (Fsp3) is 0.500. The Kier molecular flexibility index (Phi) is 6.72. The summed E-state index contributed by atoms with van der Waals surface area (Å²) in [5.41, 5.74) is 1.46. The van der Waals surface area contributed by atoms with Crippen LogP contribution in [0.25, 0.3) is 0 Å². The first kappa shape index (κ1) is 21.9. The Labute approximate surface area is 176 Å². The van der Waals surface area contributed by atoms with Crippen LogP contribution in [0.1, 0.15) is 48.6 Å². The summed E-state index contributed by atoms with van der Waals surface area (Å²) in [6.45, 7) is 10.6. The van der Waals surface area contributed by atoms with Crippen molar-refractivity contribution in [2.24, 2.45) is 0 Å². The Hall–Kier alpha value is -1.81. The summed E-state index contributed by atoms with van der Waals surface area (Å²) in [6.07, 6.45) is 0.887. The molecule has 0 saturated carbocycles. The number of hydrogen-bond donors (Lipinski definition) is 1. The molecule has 1 aromatic heterocycles. The number of carbonyl (C=O) groups excluding carboxylic acids is 1. The van der Waals surface area contributed by atoms with E-state index in [1.807, 2.05) is 0 Å². The maximum Gasteiger partial charge on any atom is 0.257 e. The average molecular weight is 437 g/mol. The van der Waals surface area contributed by atoms with Crippen molar-refractivity contribution < 1.29 is 13.2 Å². The smallest absolute Gasteiger partial charge is 0.257 e. The molecule has 0 aliphatic carbocycles. The second-order valence-corrected chi connectivity index (χ2v) is 10.3. The van der Waals surface area contributed by atoms with Crippen LogP contribution in [0.2, 0.25) is 0 Å². The molecule has 2 aromatic rings. The molecule has 2 heterocycles. The molecular formula is C20H28N4O3S2. The first-order chi connectivity index (χ1) is 13.8. The molecule has 1 amide bonds. The molecule has 9 heteroatoms. The molecule has 3 rings (SSSR count). The van der Waals surface area contributed by atoms with Gasteiger partial charge in [-0.05, 0) is 38.1 Å². The van der Waals surface area contributed by atoms with E-state index in [1.54, 1.807) is 26.0 Å². The van der Waals surface area contributed by atoms with E-state index >= 15 is 0 Å². The third kappa shape index (κ3) is 4.69. The number of nitrogens with zero attached hydrogens (tertiary/aromatic N) is 3. The Balaban J connectivity index is 1.71. The van der Waals surface area contributed by atoms with Gasteiger partial charge in [-0.25, -0.2) is 13.4 Å². The quantitative estimate of drug-likeness (QED) is 0.721. The fourth-order valence-electron chi connectivity index (χ4n) is 3.37. The molecule has 0 saturated heterocycles. The normalized spacial score (nSPS) is 15.0. The van der Waals surface area contributed by atoms with Crippen molar-refractivity contribution in [1.82, 2.24) is 14.2 Å². The highest BCUT2D eigenvalue weighted by atomic mass is 32.2. The molecule has 0 atom stereocenters. The lowest BCUT2D eigenvalue weighted by Gasteiger charge is -2.29. The highest BCUT2D eigenvalue weighted by Gasteiger charge is 2.24. The minimum Gasteiger partial charge on any atom is -0.298 e. The molecule has 0 bridgehead atoms. The molecule has 7 nitrogen and oxygen atoms in total. The number of amides is 1. The molecule has 1 aliphatic rings. The lowest BCUT2D eigenvalue weighted by atomic mass is 10.1. The van der Waals surface area contributed by atoms with E-state index < -0.39 is 10.0 Å². The van der Waals surface area contributed by atoms with Crippen molar-refractivity contribution >= 4 is 32.4 Å². The highest BCUT2D eigenvalue weighted by molar-refractivity contribution is 7.89. The number of aromatic nitrogens is 1. The summed E-state index contributed by atoms with van der Waals surface area (Å²) < 4.78 is 26.5. The Morgan fingerprint density at radius 2 is 1.90 bits per heavy atom. The van der Waals surface area contributed by atoms with Gasteiger partial charge in [-0.1, -0.05) is 13.8 Å². The van der Waals surface area contributed by atoms with Gasteiger partial charge in [0.2, 0.25) is 10.0 Å². The lowest BCUT2D eigenvalue weighted by Crippen LogP contribution is -2.35. The van der Waals surface area contributed by atoms with Crippen LogP contribution in [0, 0.1) is 0 Å². The van der Waals surface area contributed by atoms with E-state index in [4.69, 9.17) is 0 Å². The molecule has 0 unspecified atom stereocenters. The number of sulfonamides is 1. The minimum atomic E-state index is -3.53. The van der Waals surface area contributed by atoms with Crippen molar-refractivity contribution in [3.05, 3.63) is 40.4 Å². The third-order valence-electron chi connectivity index (χ3n) is 5.17. The van der Waals surface area contributed by atoms with Gasteiger partial charge in [-0.15, -0.1) is 11.3 Å². The number of thiazole rings is 1. The second-order valence-electron chi connectivity index (χ2n) is 7.27. The van der Waals surface area contributed by atoms with Crippen LogP contribution in [0.3, 0.4) is 0 Å². The Morgan fingerprint density at radius 1 is 1.24 bits per heavy atom. The first-order valence-corrected chi connectivity index (χ1v) is 12.2. The van der Waals surface area contributed by atoms with Gasteiger partial charge in [0, 0.05) is 49.1 Å². The fourth-order valence-corrected chi connectivity index (χ4v) is 5.86. The van der Waals surface area contributed by atoms with Gasteiger partial charge in [-0.3, -0.25) is 15.0 Å². The van der Waals surface area contributed by atoms with E-state index in [0.717, 1.165) is 25.2 Å². The standard InChI is InChI=1S/C20H28N4O3S2/c1-5-24(6-2)29(26,27)16-9-7-15(8-10-16)19(25)22-20-21-17-11-12-23(14(3)4)13-18(17)28-20/h7-10,14H,5-6,11-13H2,1-4H3,(H,21,22,25). The maximum atomic E-state index is 12.6. The lowest BCUT2D eigenvalue weighted by molar-refractivity contribution is 0.102. The van der Waals surface area contributed by atoms with E-state index in [1.165, 1.54) is 32.7 Å². The molecular weight excluding hydrogens is 408 g/mol. The Bertz CT molecular complexity index is 964. The topological polar surface area (TPSA) is 82.6 Å². The second kappa shape index (κ2) is 8.91. The predicted molar refractivity (Wildman–Crippen MR) is 116 cm³/mol. The van der Waals surface area contributed by atoms with Gasteiger partial charge in [0.25, 0.3) is 5.91 Å². The van der Waals surface area contributed by atoms with Gasteiger partial charge in [0.1, 0.15) is 0 Å². The zero-order valence-corrected chi connectivity index (χ0v) is 18.9. The molecule has 0 fully saturated rings. The zero-order valence-electron chi connectivity index (χ0n) is 17.3. The largest absolute Gasteiger partial charge is 0.298 e. The number of benzene rings is 1. The molecule has 29 heavy (non-hydrogen) atoms. The van der Waals surface area contributed by atoms with Crippen molar-refractivity contribution in [3.63, 3.8) is 0 Å². The summed E-state index contributed by atoms with van der Waals surface area (Å²) in [5, 5.41) is 3.44. The Morgan fingerprint density at radius 3 is 2.48 bits per heavy atom. The number of anilines is 1. The van der Waals surface area contributed by atoms with Gasteiger partial charge >= 0.3 is 0 Å². The summed E-state index contributed by atoms with van der Waals surface area (Å²) in [7, 11) is -3.53. The molecule has 1 aliphatic heterocycles. The molecule has 1 N–H and O–H groups in total. The monoisotopic (exact) mass is 436 g/mol. The van der Waals surface area contributed by atoms with Crippen LogP contribution in [0.15, 0.2) is 29.2 Å². The molecule has 0 radical (unpaired) electrons. The number of fused-ring (bicyclic) bond motifs is 1. The van der Waals surface area contributed by atoms with Gasteiger partial charge < -0.3 is 0 Å². The maximum absolute atomic E-state index is 12.6. The van der Waals surface area contributed by atoms with E-state index in [-0.39, 0.29) is 10.8 Å². The van der Waals surface area contributed by atoms with Gasteiger partial charge in [-0.2, -0.15) is 4.31 Å². The zero-order chi connectivity index (χ0) is 21.2. The number of rotatable bonds is 7. The van der Waals surface area contributed by atoms with Crippen molar-refractivity contribution in [1.29, 1.82) is 0 Å². The minimum absolute atomic E-state index is 0.191. The van der Waals surface area contributed by atoms with Crippen LogP contribution < -0.4 is 5.32 Å². The van der Waals surface area contributed by atoms with E-state index in [0.29, 0.717) is 29.8 Å². The molecule has 1 aromatic carbocycles. The number of nitrogens with one attached hydrogen (secondary N) is 1. The van der Waals surface area contributed by atoms with Crippen molar-refractivity contribution in [2.75, 3.05) is 25.0 Å². The van der Waals surface area contributed by atoms with E-state index in [9.17, 15) is 13.2 Å². The predicted octanol–water partition coefficient (Wildman–Crippen LogP) is 3.19. The number of hydrogen-bond acceptors (Lipinski definition) is 6. The van der Waals surface area contributed by atoms with Crippen molar-refractivity contribution in [3.8, 4) is 0 Å². The summed E-state index contributed by atoms with van der Waals surface area (Å²) in [4.78, 5) is 20.9. The SMILES string of the molecule is CCN(CC)S(=O)(=O)c1ccc(C(=O)Nc2nc3c(s2)CN(C(C)C)CC3)cc1. The van der Waals surface area contributed by atoms with Crippen LogP contribution in [0.4, 0.5) is 5.13 Å². The van der Waals surface area contributed by atoms with Gasteiger partial charge in [0.05, 0.1) is 10.6 Å². The first-order valence-electron chi connectivity index (χ1n) is 9.90. The summed E-state index contributed by atoms with van der Waals surface area (Å²) in [6, 6.07) is 6.53. The van der Waals surface area contributed by atoms with E-state index in [2.05, 4.69) is 29.0 Å². The van der Waals surface area contributed by atoms with Crippen LogP contribution in [-0.2, 0) is 23.0 Å².